The van der Waals surface area contributed by atoms with Gasteiger partial charge in [0.15, 0.2) is 0 Å². The van der Waals surface area contributed by atoms with Gasteiger partial charge in [0.05, 0.1) is 0 Å². The summed E-state index contributed by atoms with van der Waals surface area (Å²) >= 11 is 3.41. The van der Waals surface area contributed by atoms with Gasteiger partial charge in [-0.3, -0.25) is 4.90 Å². The van der Waals surface area contributed by atoms with Crippen molar-refractivity contribution in [3.05, 3.63) is 64.6 Å². The molecule has 26 heavy (non-hydrogen) atoms. The molecule has 3 rings (SSSR count). The van der Waals surface area contributed by atoms with Crippen molar-refractivity contribution in [2.75, 3.05) is 39.3 Å². The van der Waals surface area contributed by atoms with Crippen LogP contribution in [0.2, 0.25) is 0 Å². The van der Waals surface area contributed by atoms with Crippen LogP contribution in [-0.2, 0) is 11.3 Å². The predicted octanol–water partition coefficient (Wildman–Crippen LogP) is 3.78. The Hall–Kier alpha value is -2.05. The van der Waals surface area contributed by atoms with E-state index in [1.807, 2.05) is 54.6 Å². The summed E-state index contributed by atoms with van der Waals surface area (Å²) in [7, 11) is 0. The van der Waals surface area contributed by atoms with Crippen LogP contribution in [0.15, 0.2) is 59.1 Å². The van der Waals surface area contributed by atoms with E-state index >= 15 is 0 Å². The second kappa shape index (κ2) is 9.59. The topological polar surface area (TPSA) is 42.0 Å². The molecular weight excluding hydrogens is 396 g/mol. The van der Waals surface area contributed by atoms with Crippen molar-refractivity contribution in [1.82, 2.24) is 9.80 Å². The van der Waals surface area contributed by atoms with E-state index in [4.69, 9.17) is 9.47 Å². The van der Waals surface area contributed by atoms with Crippen LogP contribution in [0.25, 0.3) is 0 Å². The number of halogens is 1. The molecule has 1 aliphatic rings. The molecule has 0 saturated carbocycles. The number of ether oxygens (including phenoxy) is 2. The summed E-state index contributed by atoms with van der Waals surface area (Å²) < 4.78 is 12.2. The third-order valence-corrected chi connectivity index (χ3v) is 4.85. The molecule has 138 valence electrons. The fraction of sp³-hybridized carbons (Fsp3) is 0.350. The smallest absolute Gasteiger partial charge is 0.410 e. The SMILES string of the molecule is O=C(OCc1ccccc1)N1CCN(CCOc2ccc(Br)cc2)CC1. The molecular formula is C20H23BrN2O3. The minimum atomic E-state index is -0.236. The molecule has 0 N–H and O–H groups in total. The van der Waals surface area contributed by atoms with Crippen LogP contribution in [0.3, 0.4) is 0 Å². The fourth-order valence-corrected chi connectivity index (χ4v) is 3.05. The highest BCUT2D eigenvalue weighted by Gasteiger charge is 2.22. The van der Waals surface area contributed by atoms with Gasteiger partial charge in [0.2, 0.25) is 0 Å². The Morgan fingerprint density at radius 3 is 2.35 bits per heavy atom. The summed E-state index contributed by atoms with van der Waals surface area (Å²) in [6.07, 6.45) is -0.236. The second-order valence-corrected chi connectivity index (χ2v) is 7.09. The van der Waals surface area contributed by atoms with Gasteiger partial charge < -0.3 is 14.4 Å². The maximum atomic E-state index is 12.2. The van der Waals surface area contributed by atoms with Gasteiger partial charge in [-0.25, -0.2) is 4.79 Å². The summed E-state index contributed by atoms with van der Waals surface area (Å²) in [5.41, 5.74) is 1.00. The number of nitrogens with zero attached hydrogens (tertiary/aromatic N) is 2. The van der Waals surface area contributed by atoms with Crippen LogP contribution in [0, 0.1) is 0 Å². The van der Waals surface area contributed by atoms with Crippen LogP contribution < -0.4 is 4.74 Å². The molecule has 1 heterocycles. The van der Waals surface area contributed by atoms with Gasteiger partial charge >= 0.3 is 6.09 Å². The maximum absolute atomic E-state index is 12.2. The first kappa shape index (κ1) is 18.7. The molecule has 0 atom stereocenters. The minimum Gasteiger partial charge on any atom is -0.492 e. The van der Waals surface area contributed by atoms with E-state index in [1.54, 1.807) is 4.90 Å². The van der Waals surface area contributed by atoms with Crippen LogP contribution in [0.5, 0.6) is 5.75 Å². The van der Waals surface area contributed by atoms with Gasteiger partial charge in [-0.15, -0.1) is 0 Å². The lowest BCUT2D eigenvalue weighted by molar-refractivity contribution is 0.0684. The highest BCUT2D eigenvalue weighted by atomic mass is 79.9. The first-order chi connectivity index (χ1) is 12.7. The molecule has 1 saturated heterocycles. The molecule has 0 bridgehead atoms. The average Bonchev–Trinajstić information content (AvgIpc) is 2.69. The van der Waals surface area contributed by atoms with Crippen LogP contribution in [0.4, 0.5) is 4.79 Å². The van der Waals surface area contributed by atoms with Crippen molar-refractivity contribution in [3.63, 3.8) is 0 Å². The monoisotopic (exact) mass is 418 g/mol. The van der Waals surface area contributed by atoms with E-state index in [-0.39, 0.29) is 6.09 Å². The van der Waals surface area contributed by atoms with Crippen LogP contribution >= 0.6 is 15.9 Å². The molecule has 0 radical (unpaired) electrons. The van der Waals surface area contributed by atoms with E-state index < -0.39 is 0 Å². The van der Waals surface area contributed by atoms with Crippen molar-refractivity contribution >= 4 is 22.0 Å². The summed E-state index contributed by atoms with van der Waals surface area (Å²) in [5.74, 6) is 0.872. The molecule has 0 spiro atoms. The van der Waals surface area contributed by atoms with E-state index in [2.05, 4.69) is 20.8 Å². The number of carbonyl (C=O) groups is 1. The van der Waals surface area contributed by atoms with Crippen molar-refractivity contribution in [2.45, 2.75) is 6.61 Å². The highest BCUT2D eigenvalue weighted by Crippen LogP contribution is 2.16. The molecule has 5 nitrogen and oxygen atoms in total. The summed E-state index contributed by atoms with van der Waals surface area (Å²) in [6.45, 7) is 4.86. The Bertz CT molecular complexity index is 686. The molecule has 2 aromatic rings. The Morgan fingerprint density at radius 2 is 1.65 bits per heavy atom. The molecule has 1 fully saturated rings. The van der Waals surface area contributed by atoms with E-state index in [1.165, 1.54) is 0 Å². The quantitative estimate of drug-likeness (QED) is 0.715. The lowest BCUT2D eigenvalue weighted by Crippen LogP contribution is -2.49. The number of hydrogen-bond acceptors (Lipinski definition) is 4. The zero-order valence-electron chi connectivity index (χ0n) is 14.6. The number of amides is 1. The van der Waals surface area contributed by atoms with Crippen molar-refractivity contribution in [1.29, 1.82) is 0 Å². The van der Waals surface area contributed by atoms with Gasteiger partial charge in [0, 0.05) is 37.2 Å². The van der Waals surface area contributed by atoms with Gasteiger partial charge in [0.1, 0.15) is 19.0 Å². The summed E-state index contributed by atoms with van der Waals surface area (Å²) in [4.78, 5) is 16.2. The largest absolute Gasteiger partial charge is 0.492 e. The number of benzene rings is 2. The third kappa shape index (κ3) is 5.75. The first-order valence-corrected chi connectivity index (χ1v) is 9.56. The van der Waals surface area contributed by atoms with E-state index in [9.17, 15) is 4.79 Å². The van der Waals surface area contributed by atoms with E-state index in [0.29, 0.717) is 26.3 Å². The number of rotatable bonds is 6. The number of hydrogen-bond donors (Lipinski definition) is 0. The lowest BCUT2D eigenvalue weighted by atomic mass is 10.2. The molecule has 0 aliphatic carbocycles. The Kier molecular flexibility index (Phi) is 6.91. The van der Waals surface area contributed by atoms with Crippen molar-refractivity contribution in [3.8, 4) is 5.75 Å². The maximum Gasteiger partial charge on any atom is 0.410 e. The summed E-state index contributed by atoms with van der Waals surface area (Å²) in [5, 5.41) is 0. The Balaban J connectivity index is 1.33. The summed E-state index contributed by atoms with van der Waals surface area (Å²) in [6, 6.07) is 17.6. The molecule has 0 unspecified atom stereocenters. The van der Waals surface area contributed by atoms with Gasteiger partial charge in [0.25, 0.3) is 0 Å². The average molecular weight is 419 g/mol. The molecule has 1 amide bonds. The van der Waals surface area contributed by atoms with E-state index in [0.717, 1.165) is 35.4 Å². The van der Waals surface area contributed by atoms with Crippen LogP contribution in [0.1, 0.15) is 5.56 Å². The normalized spacial score (nSPS) is 14.9. The Morgan fingerprint density at radius 1 is 0.962 bits per heavy atom. The molecule has 0 aromatic heterocycles. The second-order valence-electron chi connectivity index (χ2n) is 6.17. The van der Waals surface area contributed by atoms with Gasteiger partial charge in [-0.05, 0) is 29.8 Å². The van der Waals surface area contributed by atoms with Gasteiger partial charge in [-0.2, -0.15) is 0 Å². The van der Waals surface area contributed by atoms with Gasteiger partial charge in [-0.1, -0.05) is 46.3 Å². The molecule has 1 aliphatic heterocycles. The standard InChI is InChI=1S/C20H23BrN2O3/c21-18-6-8-19(9-7-18)25-15-14-22-10-12-23(13-11-22)20(24)26-16-17-4-2-1-3-5-17/h1-9H,10-16H2. The third-order valence-electron chi connectivity index (χ3n) is 4.33. The Labute approximate surface area is 162 Å². The zero-order valence-corrected chi connectivity index (χ0v) is 16.2. The molecule has 2 aromatic carbocycles. The van der Waals surface area contributed by atoms with Crippen LogP contribution in [-0.4, -0.2) is 55.2 Å². The highest BCUT2D eigenvalue weighted by molar-refractivity contribution is 9.10. The number of carbonyl (C=O) groups excluding carboxylic acids is 1. The molecule has 6 heteroatoms. The number of piperazine rings is 1. The first-order valence-electron chi connectivity index (χ1n) is 8.77. The lowest BCUT2D eigenvalue weighted by Gasteiger charge is -2.33. The zero-order chi connectivity index (χ0) is 18.2. The fourth-order valence-electron chi connectivity index (χ4n) is 2.79. The van der Waals surface area contributed by atoms with Crippen molar-refractivity contribution < 1.29 is 14.3 Å². The predicted molar refractivity (Wildman–Crippen MR) is 104 cm³/mol. The minimum absolute atomic E-state index is 0.236. The van der Waals surface area contributed by atoms with Crippen molar-refractivity contribution in [2.24, 2.45) is 0 Å².